The fraction of sp³-hybridized carbons (Fsp3) is 0.143. The third-order valence-corrected chi connectivity index (χ3v) is 2.97. The van der Waals surface area contributed by atoms with Crippen molar-refractivity contribution in [3.8, 4) is 0 Å². The number of aromatic amines is 1. The van der Waals surface area contributed by atoms with Crippen molar-refractivity contribution >= 4 is 11.7 Å². The maximum atomic E-state index is 12.5. The van der Waals surface area contributed by atoms with Crippen LogP contribution in [0.4, 0.5) is 5.82 Å². The number of hydrogen-bond donors (Lipinski definition) is 2. The molecule has 3 aromatic heterocycles. The zero-order valence-electron chi connectivity index (χ0n) is 11.2. The average Bonchev–Trinajstić information content (AvgIpc) is 3.19. The minimum absolute atomic E-state index is 0.230. The minimum atomic E-state index is -0.230. The Morgan fingerprint density at radius 2 is 1.81 bits per heavy atom. The number of H-pyrrole nitrogens is 1. The smallest absolute Gasteiger partial charge is 0.272 e. The third-order valence-electron chi connectivity index (χ3n) is 2.97. The highest BCUT2D eigenvalue weighted by molar-refractivity contribution is 5.92. The van der Waals surface area contributed by atoms with E-state index in [-0.39, 0.29) is 11.7 Å². The summed E-state index contributed by atoms with van der Waals surface area (Å²) in [5.41, 5.74) is 5.86. The van der Waals surface area contributed by atoms with Crippen molar-refractivity contribution in [2.45, 2.75) is 13.1 Å². The van der Waals surface area contributed by atoms with E-state index in [1.165, 1.54) is 6.07 Å². The molecule has 0 radical (unpaired) electrons. The first kappa shape index (κ1) is 13.0. The Bertz CT molecular complexity index is 664. The number of nitrogens with two attached hydrogens (primary N) is 1. The van der Waals surface area contributed by atoms with Crippen molar-refractivity contribution in [2.24, 2.45) is 0 Å². The molecule has 0 fully saturated rings. The van der Waals surface area contributed by atoms with E-state index in [4.69, 9.17) is 14.6 Å². The zero-order valence-corrected chi connectivity index (χ0v) is 11.2. The van der Waals surface area contributed by atoms with Crippen LogP contribution in [-0.4, -0.2) is 21.0 Å². The normalized spacial score (nSPS) is 10.7. The lowest BCUT2D eigenvalue weighted by Crippen LogP contribution is -2.30. The molecule has 0 saturated heterocycles. The molecule has 0 aliphatic heterocycles. The predicted octanol–water partition coefficient (Wildman–Crippen LogP) is 2.02. The molecular formula is C14H14N4O3. The Balaban J connectivity index is 1.82. The summed E-state index contributed by atoms with van der Waals surface area (Å²) < 4.78 is 10.6. The lowest BCUT2D eigenvalue weighted by molar-refractivity contribution is 0.0699. The lowest BCUT2D eigenvalue weighted by Gasteiger charge is -2.19. The second kappa shape index (κ2) is 5.58. The van der Waals surface area contributed by atoms with Crippen molar-refractivity contribution in [1.82, 2.24) is 15.1 Å². The summed E-state index contributed by atoms with van der Waals surface area (Å²) in [4.78, 5) is 14.1. The van der Waals surface area contributed by atoms with Crippen molar-refractivity contribution in [3.05, 3.63) is 60.1 Å². The molecule has 108 valence electrons. The summed E-state index contributed by atoms with van der Waals surface area (Å²) in [7, 11) is 0. The number of anilines is 1. The monoisotopic (exact) mass is 286 g/mol. The first-order chi connectivity index (χ1) is 10.2. The van der Waals surface area contributed by atoms with E-state index < -0.39 is 0 Å². The van der Waals surface area contributed by atoms with Gasteiger partial charge in [0.1, 0.15) is 23.0 Å². The largest absolute Gasteiger partial charge is 0.467 e. The van der Waals surface area contributed by atoms with Crippen LogP contribution in [0.1, 0.15) is 22.0 Å². The molecule has 3 aromatic rings. The van der Waals surface area contributed by atoms with Gasteiger partial charge in [0.25, 0.3) is 5.91 Å². The van der Waals surface area contributed by atoms with Crippen molar-refractivity contribution in [1.29, 1.82) is 0 Å². The molecule has 0 spiro atoms. The maximum absolute atomic E-state index is 12.5. The highest BCUT2D eigenvalue weighted by atomic mass is 16.3. The van der Waals surface area contributed by atoms with Crippen molar-refractivity contribution in [2.75, 3.05) is 5.73 Å². The van der Waals surface area contributed by atoms with Crippen LogP contribution in [0.5, 0.6) is 0 Å². The van der Waals surface area contributed by atoms with Gasteiger partial charge in [-0.2, -0.15) is 5.10 Å². The van der Waals surface area contributed by atoms with E-state index in [1.54, 1.807) is 29.6 Å². The minimum Gasteiger partial charge on any atom is -0.467 e. The highest BCUT2D eigenvalue weighted by Gasteiger charge is 2.20. The van der Waals surface area contributed by atoms with Crippen LogP contribution in [0.2, 0.25) is 0 Å². The first-order valence-corrected chi connectivity index (χ1v) is 6.37. The average molecular weight is 286 g/mol. The van der Waals surface area contributed by atoms with Crippen molar-refractivity contribution in [3.63, 3.8) is 0 Å². The SMILES string of the molecule is Nc1cc(C(=O)N(Cc2ccco2)Cc2ccco2)[nH]n1. The molecule has 7 heteroatoms. The van der Waals surface area contributed by atoms with Gasteiger partial charge in [0, 0.05) is 6.07 Å². The number of amides is 1. The van der Waals surface area contributed by atoms with Crippen LogP contribution in [0, 0.1) is 0 Å². The van der Waals surface area contributed by atoms with Gasteiger partial charge in [-0.15, -0.1) is 0 Å². The Kier molecular flexibility index (Phi) is 3.46. The van der Waals surface area contributed by atoms with Gasteiger partial charge in [-0.3, -0.25) is 9.89 Å². The standard InChI is InChI=1S/C14H14N4O3/c15-13-7-12(16-17-13)14(19)18(8-10-3-1-5-20-10)9-11-4-2-6-21-11/h1-7H,8-9H2,(H3,15,16,17). The highest BCUT2D eigenvalue weighted by Crippen LogP contribution is 2.14. The van der Waals surface area contributed by atoms with Gasteiger partial charge in [-0.1, -0.05) is 0 Å². The fourth-order valence-electron chi connectivity index (χ4n) is 2.00. The maximum Gasteiger partial charge on any atom is 0.272 e. The van der Waals surface area contributed by atoms with Gasteiger partial charge in [-0.25, -0.2) is 0 Å². The molecule has 0 saturated carbocycles. The summed E-state index contributed by atoms with van der Waals surface area (Å²) in [6.45, 7) is 0.650. The van der Waals surface area contributed by atoms with Gasteiger partial charge < -0.3 is 19.5 Å². The first-order valence-electron chi connectivity index (χ1n) is 6.37. The zero-order chi connectivity index (χ0) is 14.7. The number of furan rings is 2. The topological polar surface area (TPSA) is 101 Å². The molecule has 7 nitrogen and oxygen atoms in total. The summed E-state index contributed by atoms with van der Waals surface area (Å²) in [5, 5.41) is 6.39. The third kappa shape index (κ3) is 2.97. The number of rotatable bonds is 5. The van der Waals surface area contributed by atoms with E-state index in [9.17, 15) is 4.79 Å². The molecule has 0 aromatic carbocycles. The number of aromatic nitrogens is 2. The molecule has 3 N–H and O–H groups in total. The van der Waals surface area contributed by atoms with E-state index >= 15 is 0 Å². The summed E-state index contributed by atoms with van der Waals surface area (Å²) in [5.74, 6) is 1.41. The van der Waals surface area contributed by atoms with Gasteiger partial charge >= 0.3 is 0 Å². The molecule has 3 heterocycles. The second-order valence-electron chi connectivity index (χ2n) is 4.53. The number of nitrogen functional groups attached to an aromatic ring is 1. The van der Waals surface area contributed by atoms with E-state index in [0.717, 1.165) is 0 Å². The molecule has 0 aliphatic carbocycles. The Morgan fingerprint density at radius 3 is 2.24 bits per heavy atom. The number of nitrogens with zero attached hydrogens (tertiary/aromatic N) is 2. The second-order valence-corrected chi connectivity index (χ2v) is 4.53. The molecule has 3 rings (SSSR count). The van der Waals surface area contributed by atoms with Crippen LogP contribution in [0.3, 0.4) is 0 Å². The molecule has 0 unspecified atom stereocenters. The molecule has 1 amide bonds. The molecule has 0 bridgehead atoms. The van der Waals surface area contributed by atoms with Gasteiger partial charge in [0.2, 0.25) is 0 Å². The number of nitrogens with one attached hydrogen (secondary N) is 1. The summed E-state index contributed by atoms with van der Waals surface area (Å²) in [6, 6.07) is 8.67. The predicted molar refractivity (Wildman–Crippen MR) is 74.0 cm³/mol. The number of carbonyl (C=O) groups is 1. The molecule has 0 aliphatic rings. The van der Waals surface area contributed by atoms with Gasteiger partial charge in [-0.05, 0) is 24.3 Å². The quantitative estimate of drug-likeness (QED) is 0.747. The van der Waals surface area contributed by atoms with E-state index in [0.29, 0.717) is 30.3 Å². The van der Waals surface area contributed by atoms with E-state index in [2.05, 4.69) is 10.2 Å². The molecule has 0 atom stereocenters. The lowest BCUT2D eigenvalue weighted by atomic mass is 10.3. The van der Waals surface area contributed by atoms with Crippen LogP contribution in [-0.2, 0) is 13.1 Å². The van der Waals surface area contributed by atoms with Crippen LogP contribution >= 0.6 is 0 Å². The van der Waals surface area contributed by atoms with E-state index in [1.807, 2.05) is 12.1 Å². The fourth-order valence-corrected chi connectivity index (χ4v) is 2.00. The van der Waals surface area contributed by atoms with Crippen LogP contribution in [0.25, 0.3) is 0 Å². The van der Waals surface area contributed by atoms with Gasteiger partial charge in [0.05, 0.1) is 25.6 Å². The summed E-state index contributed by atoms with van der Waals surface area (Å²) >= 11 is 0. The van der Waals surface area contributed by atoms with Crippen LogP contribution in [0.15, 0.2) is 51.7 Å². The number of hydrogen-bond acceptors (Lipinski definition) is 5. The summed E-state index contributed by atoms with van der Waals surface area (Å²) in [6.07, 6.45) is 3.14. The molecular weight excluding hydrogens is 272 g/mol. The van der Waals surface area contributed by atoms with Crippen molar-refractivity contribution < 1.29 is 13.6 Å². The molecule has 21 heavy (non-hydrogen) atoms. The number of carbonyl (C=O) groups excluding carboxylic acids is 1. The van der Waals surface area contributed by atoms with Gasteiger partial charge in [0.15, 0.2) is 0 Å². The Hall–Kier alpha value is -2.96. The Labute approximate surface area is 120 Å². The Morgan fingerprint density at radius 1 is 1.19 bits per heavy atom. The van der Waals surface area contributed by atoms with Crippen LogP contribution < -0.4 is 5.73 Å².